The molecule has 2 aromatic carbocycles. The van der Waals surface area contributed by atoms with E-state index in [9.17, 15) is 13.7 Å². The van der Waals surface area contributed by atoms with E-state index in [0.717, 1.165) is 29.8 Å². The van der Waals surface area contributed by atoms with Crippen molar-refractivity contribution < 1.29 is 8.42 Å². The van der Waals surface area contributed by atoms with E-state index in [2.05, 4.69) is 33.1 Å². The summed E-state index contributed by atoms with van der Waals surface area (Å²) in [6.07, 6.45) is 5.31. The zero-order valence-corrected chi connectivity index (χ0v) is 21.2. The largest absolute Gasteiger partial charge is 0.364 e. The Labute approximate surface area is 214 Å². The average Bonchev–Trinajstić information content (AvgIpc) is 3.26. The third-order valence-electron chi connectivity index (χ3n) is 7.37. The minimum atomic E-state index is -3.77. The Hall–Kier alpha value is -3.45. The van der Waals surface area contributed by atoms with Crippen LogP contribution in [0.1, 0.15) is 35.2 Å². The van der Waals surface area contributed by atoms with E-state index in [0.29, 0.717) is 22.9 Å². The number of aromatic nitrogens is 2. The molecule has 0 spiro atoms. The van der Waals surface area contributed by atoms with Crippen LogP contribution < -0.4 is 4.90 Å². The van der Waals surface area contributed by atoms with Crippen LogP contribution in [0.2, 0.25) is 0 Å². The Bertz CT molecular complexity index is 1510. The molecule has 7 nitrogen and oxygen atoms in total. The first-order valence-electron chi connectivity index (χ1n) is 11.9. The van der Waals surface area contributed by atoms with Gasteiger partial charge in [-0.15, -0.1) is 11.3 Å². The van der Waals surface area contributed by atoms with Gasteiger partial charge in [-0.3, -0.25) is 0 Å². The van der Waals surface area contributed by atoms with Gasteiger partial charge in [0.15, 0.2) is 0 Å². The molecule has 0 radical (unpaired) electrons. The predicted molar refractivity (Wildman–Crippen MR) is 139 cm³/mol. The minimum absolute atomic E-state index is 0.212. The molecule has 2 aliphatic rings. The molecule has 6 rings (SSSR count). The molecule has 1 N–H and O–H groups in total. The van der Waals surface area contributed by atoms with Crippen molar-refractivity contribution in [2.45, 2.75) is 41.6 Å². The Morgan fingerprint density at radius 1 is 1.14 bits per heavy atom. The second-order valence-electron chi connectivity index (χ2n) is 9.43. The summed E-state index contributed by atoms with van der Waals surface area (Å²) in [6, 6.07) is 21.3. The molecule has 1 atom stereocenters. The van der Waals surface area contributed by atoms with Crippen molar-refractivity contribution >= 4 is 27.0 Å². The van der Waals surface area contributed by atoms with Gasteiger partial charge in [-0.2, -0.15) is 9.57 Å². The van der Waals surface area contributed by atoms with Crippen molar-refractivity contribution in [2.75, 3.05) is 11.4 Å². The van der Waals surface area contributed by atoms with Gasteiger partial charge < -0.3 is 9.88 Å². The van der Waals surface area contributed by atoms with Crippen LogP contribution in [0.15, 0.2) is 82.8 Å². The lowest BCUT2D eigenvalue weighted by molar-refractivity contribution is 0.268. The Kier molecular flexibility index (Phi) is 5.67. The van der Waals surface area contributed by atoms with Gasteiger partial charge in [0.05, 0.1) is 36.2 Å². The summed E-state index contributed by atoms with van der Waals surface area (Å²) in [5.41, 5.74) is 4.15. The normalized spacial score (nSPS) is 19.3. The van der Waals surface area contributed by atoms with Gasteiger partial charge in [-0.25, -0.2) is 13.4 Å². The highest BCUT2D eigenvalue weighted by Crippen LogP contribution is 2.54. The lowest BCUT2D eigenvalue weighted by Crippen LogP contribution is -2.51. The minimum Gasteiger partial charge on any atom is -0.364 e. The predicted octanol–water partition coefficient (Wildman–Crippen LogP) is 4.65. The zero-order chi connectivity index (χ0) is 24.8. The molecule has 2 aromatic heterocycles. The van der Waals surface area contributed by atoms with Crippen LogP contribution in [0.4, 0.5) is 5.69 Å². The number of benzene rings is 2. The fourth-order valence-corrected chi connectivity index (χ4v) is 8.22. The summed E-state index contributed by atoms with van der Waals surface area (Å²) in [4.78, 5) is 9.61. The molecule has 0 amide bonds. The summed E-state index contributed by atoms with van der Waals surface area (Å²) in [7, 11) is -3.77. The summed E-state index contributed by atoms with van der Waals surface area (Å²) < 4.78 is 30.3. The van der Waals surface area contributed by atoms with Crippen molar-refractivity contribution in [3.63, 3.8) is 0 Å². The highest BCUT2D eigenvalue weighted by Gasteiger charge is 2.56. The van der Waals surface area contributed by atoms with Crippen LogP contribution in [0, 0.1) is 11.3 Å². The third-order valence-corrected chi connectivity index (χ3v) is 10.6. The van der Waals surface area contributed by atoms with Crippen molar-refractivity contribution in [3.05, 3.63) is 101 Å². The summed E-state index contributed by atoms with van der Waals surface area (Å²) >= 11 is 1.24. The Balaban J connectivity index is 1.52. The quantitative estimate of drug-likeness (QED) is 0.403. The molecule has 0 saturated heterocycles. The highest BCUT2D eigenvalue weighted by atomic mass is 32.2. The molecule has 1 fully saturated rings. The number of rotatable bonds is 6. The van der Waals surface area contributed by atoms with E-state index in [1.54, 1.807) is 40.4 Å². The molecule has 1 aliphatic carbocycles. The van der Waals surface area contributed by atoms with Gasteiger partial charge in [0.2, 0.25) is 0 Å². The number of nitrogens with zero attached hydrogens (tertiary/aromatic N) is 4. The van der Waals surface area contributed by atoms with E-state index >= 15 is 0 Å². The van der Waals surface area contributed by atoms with Crippen LogP contribution in [0.3, 0.4) is 0 Å². The highest BCUT2D eigenvalue weighted by molar-refractivity contribution is 7.91. The summed E-state index contributed by atoms with van der Waals surface area (Å²) in [5.74, 6) is 0. The van der Waals surface area contributed by atoms with Crippen LogP contribution in [0.5, 0.6) is 0 Å². The maximum atomic E-state index is 14.1. The number of anilines is 1. The molecule has 9 heteroatoms. The second-order valence-corrected chi connectivity index (χ2v) is 12.5. The van der Waals surface area contributed by atoms with Gasteiger partial charge in [0.25, 0.3) is 10.0 Å². The Morgan fingerprint density at radius 3 is 2.64 bits per heavy atom. The maximum absolute atomic E-state index is 14.1. The van der Waals surface area contributed by atoms with Crippen LogP contribution >= 0.6 is 11.3 Å². The summed E-state index contributed by atoms with van der Waals surface area (Å²) in [5, 5.41) is 11.4. The monoisotopic (exact) mass is 515 g/mol. The molecule has 36 heavy (non-hydrogen) atoms. The molecule has 0 bridgehead atoms. The smallest absolute Gasteiger partial charge is 0.253 e. The number of sulfonamides is 1. The second kappa shape index (κ2) is 8.89. The molecule has 3 heterocycles. The SMILES string of the molecule is N#Cc1ccc2c(c1)CN(S(=O)(=O)c1cccs1)C(C1(c3ccccc3)CC1)CN2Cc1cnc[nH]1. The van der Waals surface area contributed by atoms with Gasteiger partial charge in [0, 0.05) is 30.4 Å². The van der Waals surface area contributed by atoms with Crippen molar-refractivity contribution in [1.29, 1.82) is 5.26 Å². The van der Waals surface area contributed by atoms with E-state index in [-0.39, 0.29) is 18.0 Å². The van der Waals surface area contributed by atoms with Crippen LogP contribution in [-0.4, -0.2) is 35.3 Å². The van der Waals surface area contributed by atoms with E-state index in [1.165, 1.54) is 16.9 Å². The standard InChI is InChI=1S/C27H25N5O2S2/c28-14-20-8-9-24-21(13-20)16-32(36(33,34)26-7-4-12-35-26)25(18-31(24)17-23-15-29-19-30-23)27(10-11-27)22-5-2-1-3-6-22/h1-9,12-13,15,19,25H,10-11,16-18H2,(H,29,30). The third kappa shape index (κ3) is 3.91. The molecular formula is C27H25N5O2S2. The van der Waals surface area contributed by atoms with Crippen molar-refractivity contribution in [2.24, 2.45) is 0 Å². The topological polar surface area (TPSA) is 93.1 Å². The van der Waals surface area contributed by atoms with E-state index in [4.69, 9.17) is 0 Å². The summed E-state index contributed by atoms with van der Waals surface area (Å²) in [6.45, 7) is 1.30. The first-order chi connectivity index (χ1) is 17.5. The number of imidazole rings is 1. The number of nitriles is 1. The molecule has 1 saturated carbocycles. The Morgan fingerprint density at radius 2 is 1.97 bits per heavy atom. The number of aromatic amines is 1. The van der Waals surface area contributed by atoms with Gasteiger partial charge in [-0.05, 0) is 53.6 Å². The van der Waals surface area contributed by atoms with Crippen LogP contribution in [-0.2, 0) is 28.5 Å². The van der Waals surface area contributed by atoms with E-state index in [1.807, 2.05) is 30.3 Å². The van der Waals surface area contributed by atoms with E-state index < -0.39 is 10.0 Å². The molecule has 4 aromatic rings. The fraction of sp³-hybridized carbons (Fsp3) is 0.259. The first kappa shape index (κ1) is 23.0. The lowest BCUT2D eigenvalue weighted by atomic mass is 9.87. The first-order valence-corrected chi connectivity index (χ1v) is 14.2. The van der Waals surface area contributed by atoms with Gasteiger partial charge >= 0.3 is 0 Å². The van der Waals surface area contributed by atoms with Gasteiger partial charge in [-0.1, -0.05) is 36.4 Å². The fourth-order valence-electron chi connectivity index (χ4n) is 5.44. The number of fused-ring (bicyclic) bond motifs is 1. The molecular weight excluding hydrogens is 490 g/mol. The van der Waals surface area contributed by atoms with Gasteiger partial charge in [0.1, 0.15) is 4.21 Å². The number of H-pyrrole nitrogens is 1. The number of thiophene rings is 1. The molecule has 1 unspecified atom stereocenters. The zero-order valence-electron chi connectivity index (χ0n) is 19.5. The number of nitrogens with one attached hydrogen (secondary N) is 1. The molecule has 1 aliphatic heterocycles. The molecule has 182 valence electrons. The number of hydrogen-bond donors (Lipinski definition) is 1. The maximum Gasteiger partial charge on any atom is 0.253 e. The van der Waals surface area contributed by atoms with Crippen molar-refractivity contribution in [1.82, 2.24) is 14.3 Å². The van der Waals surface area contributed by atoms with Crippen LogP contribution in [0.25, 0.3) is 0 Å². The number of hydrogen-bond acceptors (Lipinski definition) is 6. The van der Waals surface area contributed by atoms with Crippen molar-refractivity contribution in [3.8, 4) is 6.07 Å². The lowest BCUT2D eigenvalue weighted by Gasteiger charge is -2.37. The average molecular weight is 516 g/mol.